The van der Waals surface area contributed by atoms with E-state index in [4.69, 9.17) is 26.2 Å². The van der Waals surface area contributed by atoms with Crippen molar-refractivity contribution >= 4 is 23.6 Å². The molecular formula is C18H11ClF4O4. The van der Waals surface area contributed by atoms with Gasteiger partial charge in [0.05, 0.1) is 10.6 Å². The van der Waals surface area contributed by atoms with Crippen molar-refractivity contribution in [2.75, 3.05) is 0 Å². The molecule has 0 spiro atoms. The van der Waals surface area contributed by atoms with Crippen LogP contribution in [-0.4, -0.2) is 23.4 Å². The Bertz CT molecular complexity index is 953. The number of benzene rings is 2. The molecule has 0 aromatic heterocycles. The predicted molar refractivity (Wildman–Crippen MR) is 88.7 cm³/mol. The highest BCUT2D eigenvalue weighted by atomic mass is 35.5. The van der Waals surface area contributed by atoms with Crippen LogP contribution in [0.4, 0.5) is 17.6 Å². The summed E-state index contributed by atoms with van der Waals surface area (Å²) < 4.78 is 63.3. The maximum atomic E-state index is 13.2. The first-order valence-electron chi connectivity index (χ1n) is 7.52. The van der Waals surface area contributed by atoms with E-state index < -0.39 is 29.6 Å². The van der Waals surface area contributed by atoms with Crippen molar-refractivity contribution in [1.82, 2.24) is 0 Å². The molecule has 9 heteroatoms. The Labute approximate surface area is 155 Å². The van der Waals surface area contributed by atoms with E-state index in [9.17, 15) is 22.4 Å². The fraction of sp³-hybridized carbons (Fsp3) is 0.167. The maximum absolute atomic E-state index is 13.2. The van der Waals surface area contributed by atoms with Crippen molar-refractivity contribution in [3.63, 3.8) is 0 Å². The summed E-state index contributed by atoms with van der Waals surface area (Å²) in [6, 6.07) is 6.22. The first-order chi connectivity index (χ1) is 12.6. The van der Waals surface area contributed by atoms with Gasteiger partial charge >= 0.3 is 12.1 Å². The summed E-state index contributed by atoms with van der Waals surface area (Å²) in [6.45, 7) is 1.46. The van der Waals surface area contributed by atoms with Gasteiger partial charge in [-0.1, -0.05) is 11.6 Å². The maximum Gasteiger partial charge on any atom is 0.430 e. The van der Waals surface area contributed by atoms with Crippen molar-refractivity contribution in [3.05, 3.63) is 57.9 Å². The minimum atomic E-state index is -4.91. The number of carbonyl (C=O) groups is 1. The van der Waals surface area contributed by atoms with Crippen molar-refractivity contribution < 1.29 is 36.9 Å². The van der Waals surface area contributed by atoms with Crippen LogP contribution in [0.3, 0.4) is 0 Å². The average molecular weight is 403 g/mol. The number of carboxylic acid groups (broad SMARTS) is 1. The fourth-order valence-electron chi connectivity index (χ4n) is 2.59. The van der Waals surface area contributed by atoms with Gasteiger partial charge in [0.25, 0.3) is 0 Å². The van der Waals surface area contributed by atoms with Crippen molar-refractivity contribution in [2.45, 2.75) is 19.2 Å². The molecule has 1 aliphatic rings. The largest absolute Gasteiger partial charge is 0.478 e. The molecule has 0 radical (unpaired) electrons. The number of halogens is 5. The number of hydrogen-bond donors (Lipinski definition) is 1. The molecule has 0 aliphatic carbocycles. The molecule has 27 heavy (non-hydrogen) atoms. The third-order valence-electron chi connectivity index (χ3n) is 3.87. The summed E-state index contributed by atoms with van der Waals surface area (Å²) >= 11 is 5.89. The molecule has 0 amide bonds. The Morgan fingerprint density at radius 2 is 1.89 bits per heavy atom. The topological polar surface area (TPSA) is 55.8 Å². The zero-order chi connectivity index (χ0) is 19.9. The van der Waals surface area contributed by atoms with Crippen molar-refractivity contribution in [3.8, 4) is 17.2 Å². The molecule has 3 rings (SSSR count). The van der Waals surface area contributed by atoms with E-state index in [2.05, 4.69) is 0 Å². The lowest BCUT2D eigenvalue weighted by Gasteiger charge is -2.28. The summed E-state index contributed by atoms with van der Waals surface area (Å²) in [5, 5.41) is 9.03. The van der Waals surface area contributed by atoms with E-state index in [1.807, 2.05) is 0 Å². The smallest absolute Gasteiger partial charge is 0.430 e. The van der Waals surface area contributed by atoms with Crippen LogP contribution < -0.4 is 9.47 Å². The van der Waals surface area contributed by atoms with E-state index in [0.29, 0.717) is 0 Å². The van der Waals surface area contributed by atoms with Gasteiger partial charge < -0.3 is 14.6 Å². The van der Waals surface area contributed by atoms with Gasteiger partial charge in [0.2, 0.25) is 6.10 Å². The van der Waals surface area contributed by atoms with Gasteiger partial charge in [-0.15, -0.1) is 0 Å². The SMILES string of the molecule is Cc1c(Oc2ccc(F)cc2Cl)ccc2c1OC(C(F)(F)F)C(C(=O)O)=C2. The van der Waals surface area contributed by atoms with Crippen LogP contribution >= 0.6 is 11.6 Å². The predicted octanol–water partition coefficient (Wildman–Crippen LogP) is 5.37. The summed E-state index contributed by atoms with van der Waals surface area (Å²) in [6.07, 6.45) is -6.60. The van der Waals surface area contributed by atoms with Gasteiger partial charge in [0.1, 0.15) is 23.1 Å². The molecule has 0 saturated heterocycles. The molecule has 1 aliphatic heterocycles. The van der Waals surface area contributed by atoms with Gasteiger partial charge in [-0.05, 0) is 43.3 Å². The standard InChI is InChI=1S/C18H11ClF4O4/c1-8-13(26-14-5-3-10(20)7-12(14)19)4-2-9-6-11(17(24)25)16(18(21,22)23)27-15(8)9/h2-7,16H,1H3,(H,24,25). The lowest BCUT2D eigenvalue weighted by atomic mass is 9.99. The average Bonchev–Trinajstić information content (AvgIpc) is 2.57. The van der Waals surface area contributed by atoms with Crippen molar-refractivity contribution in [2.24, 2.45) is 0 Å². The lowest BCUT2D eigenvalue weighted by Crippen LogP contribution is -2.40. The third-order valence-corrected chi connectivity index (χ3v) is 4.17. The van der Waals surface area contributed by atoms with Gasteiger partial charge in [0, 0.05) is 11.1 Å². The quantitative estimate of drug-likeness (QED) is 0.701. The van der Waals surface area contributed by atoms with Crippen LogP contribution in [0.1, 0.15) is 11.1 Å². The van der Waals surface area contributed by atoms with Crippen LogP contribution in [0, 0.1) is 12.7 Å². The zero-order valence-corrected chi connectivity index (χ0v) is 14.4. The minimum absolute atomic E-state index is 0.0192. The van der Waals surface area contributed by atoms with Gasteiger partial charge in [-0.2, -0.15) is 13.2 Å². The van der Waals surface area contributed by atoms with E-state index >= 15 is 0 Å². The molecule has 1 unspecified atom stereocenters. The molecular weight excluding hydrogens is 392 g/mol. The van der Waals surface area contributed by atoms with Crippen LogP contribution in [0.5, 0.6) is 17.2 Å². The van der Waals surface area contributed by atoms with Crippen molar-refractivity contribution in [1.29, 1.82) is 0 Å². The molecule has 4 nitrogen and oxygen atoms in total. The summed E-state index contributed by atoms with van der Waals surface area (Å²) in [5.41, 5.74) is -0.532. The first-order valence-corrected chi connectivity index (χ1v) is 7.90. The highest BCUT2D eigenvalue weighted by molar-refractivity contribution is 6.32. The van der Waals surface area contributed by atoms with E-state index in [1.54, 1.807) is 0 Å². The number of ether oxygens (including phenoxy) is 2. The molecule has 2 aromatic rings. The second-order valence-electron chi connectivity index (χ2n) is 5.73. The normalized spacial score (nSPS) is 16.2. The Balaban J connectivity index is 2.03. The Morgan fingerprint density at radius 1 is 1.22 bits per heavy atom. The highest BCUT2D eigenvalue weighted by Crippen LogP contribution is 2.43. The van der Waals surface area contributed by atoms with Gasteiger partial charge in [-0.3, -0.25) is 0 Å². The fourth-order valence-corrected chi connectivity index (χ4v) is 2.80. The second kappa shape index (κ2) is 6.77. The van der Waals surface area contributed by atoms with Crippen LogP contribution in [0.25, 0.3) is 6.08 Å². The third kappa shape index (κ3) is 3.71. The number of rotatable bonds is 3. The molecule has 2 aromatic carbocycles. The number of hydrogen-bond acceptors (Lipinski definition) is 3. The first kappa shape index (κ1) is 19.0. The summed E-state index contributed by atoms with van der Waals surface area (Å²) in [5.74, 6) is -2.21. The number of aliphatic carboxylic acids is 1. The highest BCUT2D eigenvalue weighted by Gasteiger charge is 2.48. The number of carboxylic acids is 1. The van der Waals surface area contributed by atoms with Gasteiger partial charge in [0.15, 0.2) is 0 Å². The van der Waals surface area contributed by atoms with E-state index in [1.165, 1.54) is 25.1 Å². The summed E-state index contributed by atoms with van der Waals surface area (Å²) in [4.78, 5) is 11.2. The lowest BCUT2D eigenvalue weighted by molar-refractivity contribution is -0.187. The summed E-state index contributed by atoms with van der Waals surface area (Å²) in [7, 11) is 0. The minimum Gasteiger partial charge on any atom is -0.478 e. The van der Waals surface area contributed by atoms with Crippen LogP contribution in [0.15, 0.2) is 35.9 Å². The molecule has 0 saturated carbocycles. The molecule has 1 atom stereocenters. The Morgan fingerprint density at radius 3 is 2.48 bits per heavy atom. The van der Waals surface area contributed by atoms with Crippen LogP contribution in [0.2, 0.25) is 5.02 Å². The van der Waals surface area contributed by atoms with Crippen LogP contribution in [-0.2, 0) is 4.79 Å². The molecule has 0 bridgehead atoms. The monoisotopic (exact) mass is 402 g/mol. The van der Waals surface area contributed by atoms with E-state index in [0.717, 1.165) is 18.2 Å². The zero-order valence-electron chi connectivity index (χ0n) is 13.6. The molecule has 1 heterocycles. The molecule has 0 fully saturated rings. The van der Waals surface area contributed by atoms with Gasteiger partial charge in [-0.25, -0.2) is 9.18 Å². The number of fused-ring (bicyclic) bond motifs is 1. The Kier molecular flexibility index (Phi) is 4.77. The molecule has 142 valence electrons. The molecule has 1 N–H and O–H groups in total. The number of alkyl halides is 3. The Hall–Kier alpha value is -2.74. The second-order valence-corrected chi connectivity index (χ2v) is 6.14. The van der Waals surface area contributed by atoms with E-state index in [-0.39, 0.29) is 33.4 Å².